The van der Waals surface area contributed by atoms with E-state index in [-0.39, 0.29) is 5.41 Å². The molecule has 0 saturated carbocycles. The van der Waals surface area contributed by atoms with Gasteiger partial charge in [0.2, 0.25) is 0 Å². The maximum absolute atomic E-state index is 10.7. The monoisotopic (exact) mass is 615 g/mol. The Morgan fingerprint density at radius 2 is 0.979 bits per heavy atom. The van der Waals surface area contributed by atoms with Crippen LogP contribution in [0.25, 0.3) is 0 Å². The summed E-state index contributed by atoms with van der Waals surface area (Å²) in [7, 11) is 0. The van der Waals surface area contributed by atoms with Crippen LogP contribution in [0.15, 0.2) is 91.0 Å². The van der Waals surface area contributed by atoms with Gasteiger partial charge >= 0.3 is 6.85 Å². The molecule has 5 aromatic carbocycles. The van der Waals surface area contributed by atoms with Gasteiger partial charge < -0.3 is 4.81 Å². The van der Waals surface area contributed by atoms with E-state index in [0.29, 0.717) is 33.6 Å². The van der Waals surface area contributed by atoms with E-state index in [9.17, 15) is 21.0 Å². The first-order chi connectivity index (χ1) is 23.0. The highest BCUT2D eigenvalue weighted by Gasteiger charge is 2.54. The molecule has 0 spiro atoms. The van der Waals surface area contributed by atoms with E-state index in [1.54, 1.807) is 12.1 Å². The van der Waals surface area contributed by atoms with Gasteiger partial charge in [0.15, 0.2) is 0 Å². The molecule has 0 amide bonds. The first-order valence-corrected chi connectivity index (χ1v) is 16.1. The predicted molar refractivity (Wildman–Crippen MR) is 188 cm³/mol. The summed E-state index contributed by atoms with van der Waals surface area (Å²) in [4.78, 5) is 2.18. The van der Waals surface area contributed by atoms with Crippen molar-refractivity contribution in [3.63, 3.8) is 0 Å². The summed E-state index contributed by atoms with van der Waals surface area (Å²) in [5, 5.41) is 41.5. The normalized spacial score (nSPS) is 18.4. The molecule has 48 heavy (non-hydrogen) atoms. The molecule has 0 bridgehead atoms. The van der Waals surface area contributed by atoms with Gasteiger partial charge in [0, 0.05) is 16.2 Å². The van der Waals surface area contributed by atoms with Gasteiger partial charge in [-0.05, 0) is 81.1 Å². The van der Waals surface area contributed by atoms with Gasteiger partial charge in [-0.25, -0.2) is 0 Å². The maximum atomic E-state index is 10.7. The third-order valence-corrected chi connectivity index (χ3v) is 11.3. The van der Waals surface area contributed by atoms with Crippen molar-refractivity contribution in [1.82, 2.24) is 0 Å². The molecule has 0 saturated heterocycles. The predicted octanol–water partition coefficient (Wildman–Crippen LogP) is 7.06. The summed E-state index contributed by atoms with van der Waals surface area (Å²) in [6.07, 6.45) is 0. The molecular formula is C42H30BN5. The van der Waals surface area contributed by atoms with E-state index in [1.165, 1.54) is 27.8 Å². The van der Waals surface area contributed by atoms with Crippen LogP contribution >= 0.6 is 0 Å². The maximum Gasteiger partial charge on any atom is 0.328 e. The van der Waals surface area contributed by atoms with Gasteiger partial charge in [-0.2, -0.15) is 21.0 Å². The third-order valence-electron chi connectivity index (χ3n) is 11.3. The lowest BCUT2D eigenvalue weighted by molar-refractivity contribution is 0.544. The van der Waals surface area contributed by atoms with Crippen LogP contribution in [0.3, 0.4) is 0 Å². The summed E-state index contributed by atoms with van der Waals surface area (Å²) in [6.45, 7) is 10.6. The Kier molecular flexibility index (Phi) is 5.94. The van der Waals surface area contributed by atoms with Crippen molar-refractivity contribution in [2.45, 2.75) is 50.9 Å². The number of rotatable bonds is 1. The fourth-order valence-corrected chi connectivity index (χ4v) is 9.09. The van der Waals surface area contributed by atoms with Crippen LogP contribution in [0.5, 0.6) is 0 Å². The van der Waals surface area contributed by atoms with Crippen LogP contribution < -0.4 is 15.7 Å². The summed E-state index contributed by atoms with van der Waals surface area (Å²) < 4.78 is 0. The highest BCUT2D eigenvalue weighted by Crippen LogP contribution is 2.56. The fourth-order valence-electron chi connectivity index (χ4n) is 9.09. The molecule has 8 rings (SSSR count). The van der Waals surface area contributed by atoms with Gasteiger partial charge in [0.25, 0.3) is 0 Å². The number of hydrogen-bond acceptors (Lipinski definition) is 5. The molecule has 2 aliphatic heterocycles. The second-order valence-corrected chi connectivity index (χ2v) is 14.3. The number of hydrogen-bond donors (Lipinski definition) is 0. The molecule has 1 unspecified atom stereocenters. The number of nitrogens with zero attached hydrogens (tertiary/aromatic N) is 5. The molecule has 6 heteroatoms. The van der Waals surface area contributed by atoms with Gasteiger partial charge in [-0.15, -0.1) is 0 Å². The zero-order chi connectivity index (χ0) is 33.7. The Hall–Kier alpha value is -6.08. The molecule has 226 valence electrons. The van der Waals surface area contributed by atoms with Crippen LogP contribution in [-0.2, 0) is 16.2 Å². The Bertz CT molecular complexity index is 2360. The highest BCUT2D eigenvalue weighted by molar-refractivity contribution is 6.90. The van der Waals surface area contributed by atoms with Crippen molar-refractivity contribution < 1.29 is 0 Å². The summed E-state index contributed by atoms with van der Waals surface area (Å²) in [5.41, 5.74) is 11.5. The molecular weight excluding hydrogens is 585 g/mol. The van der Waals surface area contributed by atoms with Gasteiger partial charge in [-0.3, -0.25) is 0 Å². The van der Waals surface area contributed by atoms with E-state index >= 15 is 0 Å². The number of fused-ring (bicyclic) bond motifs is 6. The van der Waals surface area contributed by atoms with Crippen molar-refractivity contribution in [1.29, 1.82) is 21.0 Å². The summed E-state index contributed by atoms with van der Waals surface area (Å²) >= 11 is 0. The molecule has 0 fully saturated rings. The molecule has 0 radical (unpaired) electrons. The molecule has 2 heterocycles. The summed E-state index contributed by atoms with van der Waals surface area (Å²) in [6, 6.07) is 40.3. The lowest BCUT2D eigenvalue weighted by Crippen LogP contribution is -2.65. The van der Waals surface area contributed by atoms with Crippen molar-refractivity contribution >= 4 is 29.1 Å². The zero-order valence-electron chi connectivity index (χ0n) is 27.5. The fraction of sp³-hybridized carbons (Fsp3) is 0.190. The summed E-state index contributed by atoms with van der Waals surface area (Å²) in [5.74, 6) is 0. The molecule has 1 aliphatic carbocycles. The smallest absolute Gasteiger partial charge is 0.328 e. The van der Waals surface area contributed by atoms with Crippen molar-refractivity contribution in [3.8, 4) is 24.3 Å². The van der Waals surface area contributed by atoms with E-state index in [0.717, 1.165) is 22.1 Å². The molecule has 0 aromatic heterocycles. The van der Waals surface area contributed by atoms with Crippen LogP contribution in [0.2, 0.25) is 0 Å². The second-order valence-electron chi connectivity index (χ2n) is 14.3. The Morgan fingerprint density at radius 3 is 1.54 bits per heavy atom. The minimum absolute atomic E-state index is 0.281. The Morgan fingerprint density at radius 1 is 0.500 bits per heavy atom. The SMILES string of the molecule is CC1(C)c2cc(C#N)cc(C#N)c2N(B2c3ccccc3C3(C)c4ccccc4C(C)(C)c4cccc2c43)c2c(C#N)cc(C#N)cc21. The minimum Gasteiger partial charge on any atom is -0.374 e. The molecule has 3 aliphatic rings. The lowest BCUT2D eigenvalue weighted by Gasteiger charge is -2.53. The van der Waals surface area contributed by atoms with Crippen molar-refractivity contribution in [2.24, 2.45) is 0 Å². The molecule has 1 atom stereocenters. The van der Waals surface area contributed by atoms with Gasteiger partial charge in [0.05, 0.1) is 45.8 Å². The minimum atomic E-state index is -0.724. The number of benzene rings is 5. The molecule has 0 N–H and O–H groups in total. The van der Waals surface area contributed by atoms with E-state index in [2.05, 4.69) is 117 Å². The van der Waals surface area contributed by atoms with Crippen LogP contribution in [-0.4, -0.2) is 6.85 Å². The van der Waals surface area contributed by atoms with Gasteiger partial charge in [-0.1, -0.05) is 94.4 Å². The van der Waals surface area contributed by atoms with Crippen LogP contribution in [0.4, 0.5) is 11.4 Å². The average molecular weight is 616 g/mol. The average Bonchev–Trinajstić information content (AvgIpc) is 3.11. The van der Waals surface area contributed by atoms with Crippen molar-refractivity contribution in [2.75, 3.05) is 4.81 Å². The van der Waals surface area contributed by atoms with Crippen molar-refractivity contribution in [3.05, 3.63) is 152 Å². The van der Waals surface area contributed by atoms with Gasteiger partial charge in [0.1, 0.15) is 12.1 Å². The highest BCUT2D eigenvalue weighted by atomic mass is 15.1. The Labute approximate surface area is 281 Å². The standard InChI is InChI=1S/C42H30BN5/c1-40(2)29-11-6-7-12-30(29)42(5)31-13-8-9-15-35(31)43(36-16-10-14-32(40)37(36)42)48-38-27(23-46)17-25(21-44)19-33(38)41(3,4)34-20-26(22-45)18-28(24-47)39(34)48/h6-20H,1-5H3. The zero-order valence-corrected chi connectivity index (χ0v) is 27.5. The molecule has 5 aromatic rings. The lowest BCUT2D eigenvalue weighted by atomic mass is 9.37. The quantitative estimate of drug-likeness (QED) is 0.188. The van der Waals surface area contributed by atoms with E-state index in [4.69, 9.17) is 0 Å². The molecule has 5 nitrogen and oxygen atoms in total. The Balaban J connectivity index is 1.57. The largest absolute Gasteiger partial charge is 0.374 e. The van der Waals surface area contributed by atoms with Crippen LogP contribution in [0, 0.1) is 45.3 Å². The second kappa shape index (κ2) is 9.72. The number of nitriles is 4. The third kappa shape index (κ3) is 3.48. The van der Waals surface area contributed by atoms with Crippen LogP contribution in [0.1, 0.15) is 95.8 Å². The topological polar surface area (TPSA) is 98.4 Å². The first-order valence-electron chi connectivity index (χ1n) is 16.1. The first kappa shape index (κ1) is 29.3. The van der Waals surface area contributed by atoms with E-state index < -0.39 is 17.7 Å². The van der Waals surface area contributed by atoms with E-state index in [1.807, 2.05) is 26.0 Å². The number of anilines is 2.